The zero-order chi connectivity index (χ0) is 13.6. The number of hydrogen-bond acceptors (Lipinski definition) is 2. The Hall–Kier alpha value is -1.32. The lowest BCUT2D eigenvalue weighted by molar-refractivity contribution is 0.0914. The van der Waals surface area contributed by atoms with Crippen molar-refractivity contribution >= 4 is 5.91 Å². The number of amides is 1. The summed E-state index contributed by atoms with van der Waals surface area (Å²) >= 11 is 0. The Labute approximate surface area is 114 Å². The second kappa shape index (κ2) is 4.66. The molecule has 0 aromatic carbocycles. The summed E-state index contributed by atoms with van der Waals surface area (Å²) in [5.74, 6) is 2.48. The molecule has 3 rings (SSSR count). The number of aryl methyl sites for hydroxylation is 2. The second-order valence-corrected chi connectivity index (χ2v) is 6.40. The van der Waals surface area contributed by atoms with Crippen LogP contribution in [0.5, 0.6) is 0 Å². The number of aromatic nitrogens is 2. The molecule has 1 heterocycles. The Balaban J connectivity index is 1.65. The van der Waals surface area contributed by atoms with Gasteiger partial charge in [0.15, 0.2) is 0 Å². The predicted molar refractivity (Wildman–Crippen MR) is 73.8 cm³/mol. The number of fused-ring (bicyclic) bond motifs is 2. The molecule has 1 N–H and O–H groups in total. The first-order valence-corrected chi connectivity index (χ1v) is 7.35. The van der Waals surface area contributed by atoms with Crippen molar-refractivity contribution in [3.05, 3.63) is 17.5 Å². The van der Waals surface area contributed by atoms with Gasteiger partial charge in [-0.15, -0.1) is 0 Å². The third kappa shape index (κ3) is 2.28. The van der Waals surface area contributed by atoms with Gasteiger partial charge >= 0.3 is 0 Å². The molecule has 4 nitrogen and oxygen atoms in total. The van der Waals surface area contributed by atoms with Crippen molar-refractivity contribution in [2.45, 2.75) is 45.6 Å². The largest absolute Gasteiger partial charge is 0.349 e. The molecule has 104 valence electrons. The zero-order valence-electron chi connectivity index (χ0n) is 12.0. The summed E-state index contributed by atoms with van der Waals surface area (Å²) in [6.07, 6.45) is 7.26. The van der Waals surface area contributed by atoms with Gasteiger partial charge in [0, 0.05) is 19.3 Å². The van der Waals surface area contributed by atoms with Crippen molar-refractivity contribution < 1.29 is 4.79 Å². The quantitative estimate of drug-likeness (QED) is 0.907. The molecule has 2 fully saturated rings. The molecule has 19 heavy (non-hydrogen) atoms. The van der Waals surface area contributed by atoms with Crippen LogP contribution in [-0.2, 0) is 7.05 Å². The fraction of sp³-hybridized carbons (Fsp3) is 0.733. The minimum absolute atomic E-state index is 0.0286. The molecule has 0 saturated heterocycles. The van der Waals surface area contributed by atoms with Crippen LogP contribution in [0.2, 0.25) is 0 Å². The van der Waals surface area contributed by atoms with E-state index in [1.54, 1.807) is 10.9 Å². The fourth-order valence-electron chi connectivity index (χ4n) is 4.12. The van der Waals surface area contributed by atoms with Crippen LogP contribution in [0.1, 0.15) is 48.7 Å². The van der Waals surface area contributed by atoms with E-state index >= 15 is 0 Å². The highest BCUT2D eigenvalue weighted by Crippen LogP contribution is 2.49. The van der Waals surface area contributed by atoms with E-state index in [9.17, 15) is 4.79 Å². The van der Waals surface area contributed by atoms with Gasteiger partial charge in [-0.3, -0.25) is 9.48 Å². The van der Waals surface area contributed by atoms with Gasteiger partial charge in [0.05, 0.1) is 11.3 Å². The van der Waals surface area contributed by atoms with Gasteiger partial charge < -0.3 is 5.32 Å². The van der Waals surface area contributed by atoms with Crippen LogP contribution in [0.25, 0.3) is 0 Å². The highest BCUT2D eigenvalue weighted by Gasteiger charge is 2.42. The van der Waals surface area contributed by atoms with E-state index in [2.05, 4.69) is 17.3 Å². The Morgan fingerprint density at radius 2 is 2.26 bits per heavy atom. The average Bonchev–Trinajstić information content (AvgIpc) is 3.03. The van der Waals surface area contributed by atoms with Gasteiger partial charge in [-0.05, 0) is 50.9 Å². The Bertz CT molecular complexity index is 494. The van der Waals surface area contributed by atoms with E-state index in [1.165, 1.54) is 25.7 Å². The molecular formula is C15H23N3O. The maximum absolute atomic E-state index is 12.3. The van der Waals surface area contributed by atoms with Crippen molar-refractivity contribution in [3.8, 4) is 0 Å². The molecule has 1 amide bonds. The second-order valence-electron chi connectivity index (χ2n) is 6.40. The maximum atomic E-state index is 12.3. The van der Waals surface area contributed by atoms with Gasteiger partial charge in [-0.2, -0.15) is 5.10 Å². The van der Waals surface area contributed by atoms with Crippen LogP contribution >= 0.6 is 0 Å². The van der Waals surface area contributed by atoms with Crippen molar-refractivity contribution in [3.63, 3.8) is 0 Å². The standard InChI is InChI=1S/C15H23N3O/c1-9(13-7-11-4-5-12(13)6-11)16-15(19)14-8-18(3)17-10(14)2/h8-9,11-13H,4-7H2,1-3H3,(H,16,19). The first-order chi connectivity index (χ1) is 9.04. The highest BCUT2D eigenvalue weighted by molar-refractivity contribution is 5.95. The molecule has 2 bridgehead atoms. The first-order valence-electron chi connectivity index (χ1n) is 7.35. The summed E-state index contributed by atoms with van der Waals surface area (Å²) in [6.45, 7) is 4.05. The third-order valence-electron chi connectivity index (χ3n) is 5.05. The number of rotatable bonds is 3. The van der Waals surface area contributed by atoms with E-state index < -0.39 is 0 Å². The van der Waals surface area contributed by atoms with E-state index in [0.717, 1.165) is 17.5 Å². The smallest absolute Gasteiger partial charge is 0.254 e. The summed E-state index contributed by atoms with van der Waals surface area (Å²) in [5.41, 5.74) is 1.51. The van der Waals surface area contributed by atoms with Crippen LogP contribution in [0, 0.1) is 24.7 Å². The minimum atomic E-state index is 0.0286. The lowest BCUT2D eigenvalue weighted by Gasteiger charge is -2.28. The van der Waals surface area contributed by atoms with Gasteiger partial charge in [0.25, 0.3) is 5.91 Å². The lowest BCUT2D eigenvalue weighted by atomic mass is 9.84. The normalized spacial score (nSPS) is 30.6. The molecular weight excluding hydrogens is 238 g/mol. The highest BCUT2D eigenvalue weighted by atomic mass is 16.1. The number of nitrogens with zero attached hydrogens (tertiary/aromatic N) is 2. The number of nitrogens with one attached hydrogen (secondary N) is 1. The lowest BCUT2D eigenvalue weighted by Crippen LogP contribution is -2.40. The van der Waals surface area contributed by atoms with Crippen LogP contribution in [-0.4, -0.2) is 21.7 Å². The molecule has 1 aromatic heterocycles. The maximum Gasteiger partial charge on any atom is 0.254 e. The molecule has 2 aliphatic rings. The van der Waals surface area contributed by atoms with E-state index in [0.29, 0.717) is 11.5 Å². The van der Waals surface area contributed by atoms with Crippen molar-refractivity contribution in [1.29, 1.82) is 0 Å². The molecule has 1 aromatic rings. The zero-order valence-corrected chi connectivity index (χ0v) is 12.0. The molecule has 4 unspecified atom stereocenters. The first kappa shape index (κ1) is 12.7. The summed E-state index contributed by atoms with van der Waals surface area (Å²) in [4.78, 5) is 12.3. The predicted octanol–water partition coefficient (Wildman–Crippen LogP) is 2.28. The molecule has 2 saturated carbocycles. The number of carbonyl (C=O) groups is 1. The summed E-state index contributed by atoms with van der Waals surface area (Å²) < 4.78 is 1.70. The number of hydrogen-bond donors (Lipinski definition) is 1. The molecule has 4 atom stereocenters. The number of carbonyl (C=O) groups excluding carboxylic acids is 1. The van der Waals surface area contributed by atoms with Crippen LogP contribution in [0.15, 0.2) is 6.20 Å². The SMILES string of the molecule is Cc1nn(C)cc1C(=O)NC(C)C1CC2CCC1C2. The van der Waals surface area contributed by atoms with E-state index in [1.807, 2.05) is 14.0 Å². The monoisotopic (exact) mass is 261 g/mol. The van der Waals surface area contributed by atoms with Crippen molar-refractivity contribution in [2.24, 2.45) is 24.8 Å². The summed E-state index contributed by atoms with van der Waals surface area (Å²) in [7, 11) is 1.85. The van der Waals surface area contributed by atoms with Crippen molar-refractivity contribution in [2.75, 3.05) is 0 Å². The Kier molecular flexibility index (Phi) is 3.11. The van der Waals surface area contributed by atoms with Gasteiger partial charge in [0.1, 0.15) is 0 Å². The van der Waals surface area contributed by atoms with Crippen LogP contribution in [0.4, 0.5) is 0 Å². The molecule has 0 spiro atoms. The Morgan fingerprint density at radius 3 is 2.79 bits per heavy atom. The third-order valence-corrected chi connectivity index (χ3v) is 5.05. The molecule has 0 aliphatic heterocycles. The van der Waals surface area contributed by atoms with E-state index in [4.69, 9.17) is 0 Å². The van der Waals surface area contributed by atoms with Crippen molar-refractivity contribution in [1.82, 2.24) is 15.1 Å². The molecule has 2 aliphatic carbocycles. The summed E-state index contributed by atoms with van der Waals surface area (Å²) in [5, 5.41) is 7.42. The minimum Gasteiger partial charge on any atom is -0.349 e. The van der Waals surface area contributed by atoms with Crippen LogP contribution < -0.4 is 5.32 Å². The fourth-order valence-corrected chi connectivity index (χ4v) is 4.12. The molecule has 0 radical (unpaired) electrons. The average molecular weight is 261 g/mol. The van der Waals surface area contributed by atoms with E-state index in [-0.39, 0.29) is 11.9 Å². The van der Waals surface area contributed by atoms with Gasteiger partial charge in [-0.1, -0.05) is 6.42 Å². The molecule has 4 heteroatoms. The van der Waals surface area contributed by atoms with Gasteiger partial charge in [-0.25, -0.2) is 0 Å². The van der Waals surface area contributed by atoms with Gasteiger partial charge in [0.2, 0.25) is 0 Å². The van der Waals surface area contributed by atoms with Crippen LogP contribution in [0.3, 0.4) is 0 Å². The topological polar surface area (TPSA) is 46.9 Å². The summed E-state index contributed by atoms with van der Waals surface area (Å²) in [6, 6.07) is 0.280. The Morgan fingerprint density at radius 1 is 1.47 bits per heavy atom.